The first-order chi connectivity index (χ1) is 46.0. The third-order valence-electron chi connectivity index (χ3n) is 18.7. The van der Waals surface area contributed by atoms with Crippen LogP contribution < -0.4 is 19.6 Å². The molecule has 0 radical (unpaired) electrons. The maximum atomic E-state index is 2.57. The highest BCUT2D eigenvalue weighted by Gasteiger charge is 2.42. The summed E-state index contributed by atoms with van der Waals surface area (Å²) in [5, 5.41) is 0. The minimum Gasteiger partial charge on any atom is -0.311 e. The van der Waals surface area contributed by atoms with E-state index in [-0.39, 0.29) is 5.41 Å². The third kappa shape index (κ3) is 11.1. The Bertz CT molecular complexity index is 4330. The Morgan fingerprint density at radius 1 is 0.183 bits per heavy atom. The van der Waals surface area contributed by atoms with Gasteiger partial charge in [0.15, 0.2) is 0 Å². The van der Waals surface area contributed by atoms with Gasteiger partial charge in [-0.15, -0.1) is 0 Å². The molecule has 14 aromatic carbocycles. The molecule has 0 aliphatic heterocycles. The number of para-hydroxylation sites is 8. The van der Waals surface area contributed by atoms with Crippen molar-refractivity contribution in [3.63, 3.8) is 0 Å². The third-order valence-corrected chi connectivity index (χ3v) is 18.7. The van der Waals surface area contributed by atoms with Gasteiger partial charge < -0.3 is 19.6 Å². The van der Waals surface area contributed by atoms with Gasteiger partial charge in [0.1, 0.15) is 0 Å². The average Bonchev–Trinajstić information content (AvgIpc) is 1.56. The van der Waals surface area contributed by atoms with Crippen LogP contribution in [-0.4, -0.2) is 0 Å². The van der Waals surface area contributed by atoms with E-state index in [4.69, 9.17) is 0 Å². The van der Waals surface area contributed by atoms with Crippen LogP contribution in [0.15, 0.2) is 364 Å². The van der Waals surface area contributed by atoms with Gasteiger partial charge in [0.2, 0.25) is 0 Å². The maximum absolute atomic E-state index is 2.57. The Morgan fingerprint density at radius 3 is 0.516 bits per heavy atom. The van der Waals surface area contributed by atoms with Crippen LogP contribution in [0, 0.1) is 0 Å². The van der Waals surface area contributed by atoms with Gasteiger partial charge in [0.25, 0.3) is 0 Å². The van der Waals surface area contributed by atoms with E-state index in [2.05, 4.69) is 397 Å². The molecule has 0 saturated heterocycles. The van der Waals surface area contributed by atoms with Crippen molar-refractivity contribution in [3.8, 4) is 55.6 Å². The van der Waals surface area contributed by atoms with Gasteiger partial charge in [-0.2, -0.15) is 0 Å². The van der Waals surface area contributed by atoms with Gasteiger partial charge >= 0.3 is 0 Å². The van der Waals surface area contributed by atoms with Crippen molar-refractivity contribution in [1.82, 2.24) is 0 Å². The topological polar surface area (TPSA) is 13.0 Å². The Morgan fingerprint density at radius 2 is 0.344 bits per heavy atom. The van der Waals surface area contributed by atoms with Crippen molar-refractivity contribution in [2.24, 2.45) is 0 Å². The minimum absolute atomic E-state index is 0.286. The highest BCUT2D eigenvalue weighted by atomic mass is 15.2. The second-order valence-corrected chi connectivity index (χ2v) is 23.9. The standard InChI is InChI=1S/C89H70N4/c1-3-89(4-2)87-63-83(67-49-57-79(58-50-67)92(73-37-21-9-22-38-73)74-39-23-10-24-40-74)81(65-45-53-77(54-46-65)90(69-29-13-5-14-30-69)70-31-15-6-16-32-70)61-85(87)86-62-82(66-47-55-78(56-48-66)91(71-33-17-7-18-34-71)72-35-19-8-20-36-72)84(64-88(86)89)68-51-59-80(60-52-68)93(75-41-25-11-26-42-75)76-43-27-12-28-44-76/h5-64H,3-4H2,1-2H3. The molecular weight excluding hydrogens is 1130 g/mol. The van der Waals surface area contributed by atoms with E-state index in [1.165, 1.54) is 44.5 Å². The molecule has 0 saturated carbocycles. The summed E-state index contributed by atoms with van der Waals surface area (Å²) in [5.41, 5.74) is 27.6. The first-order valence-electron chi connectivity index (χ1n) is 32.4. The Hall–Kier alpha value is -11.7. The second-order valence-electron chi connectivity index (χ2n) is 23.9. The van der Waals surface area contributed by atoms with E-state index in [0.717, 1.165) is 103 Å². The number of fused-ring (bicyclic) bond motifs is 3. The number of nitrogens with zero attached hydrogens (tertiary/aromatic N) is 4. The molecule has 0 aromatic heterocycles. The van der Waals surface area contributed by atoms with Crippen molar-refractivity contribution in [2.45, 2.75) is 32.1 Å². The zero-order valence-corrected chi connectivity index (χ0v) is 52.3. The lowest BCUT2D eigenvalue weighted by Gasteiger charge is -2.31. The molecule has 14 aromatic rings. The highest BCUT2D eigenvalue weighted by molar-refractivity contribution is 5.98. The van der Waals surface area contributed by atoms with Gasteiger partial charge in [-0.1, -0.05) is 208 Å². The summed E-state index contributed by atoms with van der Waals surface area (Å²) >= 11 is 0. The smallest absolute Gasteiger partial charge is 0.0462 e. The molecule has 93 heavy (non-hydrogen) atoms. The van der Waals surface area contributed by atoms with Crippen LogP contribution in [0.4, 0.5) is 68.2 Å². The van der Waals surface area contributed by atoms with E-state index in [1.807, 2.05) is 0 Å². The number of hydrogen-bond donors (Lipinski definition) is 0. The van der Waals surface area contributed by atoms with Crippen molar-refractivity contribution < 1.29 is 0 Å². The lowest BCUT2D eigenvalue weighted by molar-refractivity contribution is 0.491. The van der Waals surface area contributed by atoms with Gasteiger partial charge in [-0.25, -0.2) is 0 Å². The molecule has 0 bridgehead atoms. The lowest BCUT2D eigenvalue weighted by Crippen LogP contribution is -2.23. The van der Waals surface area contributed by atoms with Crippen LogP contribution in [-0.2, 0) is 5.41 Å². The molecule has 0 heterocycles. The molecule has 0 atom stereocenters. The molecule has 0 N–H and O–H groups in total. The fourth-order valence-corrected chi connectivity index (χ4v) is 14.1. The van der Waals surface area contributed by atoms with Crippen LogP contribution >= 0.6 is 0 Å². The summed E-state index contributed by atoms with van der Waals surface area (Å²) in [5.74, 6) is 0. The first kappa shape index (κ1) is 57.7. The predicted molar refractivity (Wildman–Crippen MR) is 394 cm³/mol. The average molecular weight is 1200 g/mol. The van der Waals surface area contributed by atoms with Gasteiger partial charge in [-0.3, -0.25) is 0 Å². The largest absolute Gasteiger partial charge is 0.311 e. The quantitative estimate of drug-likeness (QED) is 0.0849. The van der Waals surface area contributed by atoms with Crippen molar-refractivity contribution in [3.05, 3.63) is 375 Å². The Labute approximate surface area is 547 Å². The van der Waals surface area contributed by atoms with E-state index in [0.29, 0.717) is 0 Å². The number of rotatable bonds is 18. The molecule has 0 spiro atoms. The van der Waals surface area contributed by atoms with Crippen LogP contribution in [0.1, 0.15) is 37.8 Å². The normalized spacial score (nSPS) is 11.9. The molecule has 446 valence electrons. The summed E-state index contributed by atoms with van der Waals surface area (Å²) in [6, 6.07) is 133. The lowest BCUT2D eigenvalue weighted by atomic mass is 9.72. The molecule has 1 aliphatic carbocycles. The SMILES string of the molecule is CCC1(CC)c2cc(-c3ccc(N(c4ccccc4)c4ccccc4)cc3)c(-c3ccc(N(c4ccccc4)c4ccccc4)cc3)cc2-c2cc(-c3ccc(N(c4ccccc4)c4ccccc4)cc3)c(-c3ccc(N(c4ccccc4)c4ccccc4)cc3)cc21. The van der Waals surface area contributed by atoms with Gasteiger partial charge in [-0.05, 0) is 249 Å². The molecule has 4 heteroatoms. The monoisotopic (exact) mass is 1190 g/mol. The zero-order valence-electron chi connectivity index (χ0n) is 52.3. The van der Waals surface area contributed by atoms with E-state index < -0.39 is 0 Å². The minimum atomic E-state index is -0.286. The summed E-state index contributed by atoms with van der Waals surface area (Å²) in [4.78, 5) is 9.36. The fourth-order valence-electron chi connectivity index (χ4n) is 14.1. The maximum Gasteiger partial charge on any atom is 0.0462 e. The fraction of sp³-hybridized carbons (Fsp3) is 0.0562. The molecule has 0 amide bonds. The van der Waals surface area contributed by atoms with E-state index in [1.54, 1.807) is 0 Å². The highest BCUT2D eigenvalue weighted by Crippen LogP contribution is 2.58. The summed E-state index contributed by atoms with van der Waals surface area (Å²) < 4.78 is 0. The molecule has 0 fully saturated rings. The van der Waals surface area contributed by atoms with Gasteiger partial charge in [0.05, 0.1) is 0 Å². The van der Waals surface area contributed by atoms with Crippen LogP contribution in [0.3, 0.4) is 0 Å². The van der Waals surface area contributed by atoms with E-state index in [9.17, 15) is 0 Å². The first-order valence-corrected chi connectivity index (χ1v) is 32.4. The summed E-state index contributed by atoms with van der Waals surface area (Å²) in [6.45, 7) is 4.79. The Balaban J connectivity index is 0.919. The summed E-state index contributed by atoms with van der Waals surface area (Å²) in [6.07, 6.45) is 1.86. The zero-order chi connectivity index (χ0) is 62.5. The van der Waals surface area contributed by atoms with Crippen molar-refractivity contribution in [2.75, 3.05) is 19.6 Å². The number of benzene rings is 14. The summed E-state index contributed by atoms with van der Waals surface area (Å²) in [7, 11) is 0. The van der Waals surface area contributed by atoms with Gasteiger partial charge in [0, 0.05) is 73.7 Å². The molecule has 1 aliphatic rings. The van der Waals surface area contributed by atoms with Crippen molar-refractivity contribution in [1.29, 1.82) is 0 Å². The molecule has 4 nitrogen and oxygen atoms in total. The van der Waals surface area contributed by atoms with E-state index >= 15 is 0 Å². The van der Waals surface area contributed by atoms with Crippen molar-refractivity contribution >= 4 is 68.2 Å². The second kappa shape index (κ2) is 25.6. The van der Waals surface area contributed by atoms with Crippen LogP contribution in [0.25, 0.3) is 55.6 Å². The van der Waals surface area contributed by atoms with Crippen LogP contribution in [0.2, 0.25) is 0 Å². The predicted octanol–water partition coefficient (Wildman–Crippen LogP) is 25.3. The van der Waals surface area contributed by atoms with Crippen LogP contribution in [0.5, 0.6) is 0 Å². The molecular formula is C89H70N4. The number of anilines is 12. The molecule has 15 rings (SSSR count). The Kier molecular flexibility index (Phi) is 15.9. The molecule has 0 unspecified atom stereocenters. The number of hydrogen-bond acceptors (Lipinski definition) is 4.